The summed E-state index contributed by atoms with van der Waals surface area (Å²) in [5.41, 5.74) is 6.82. The Hall–Kier alpha value is -2.60. The highest BCUT2D eigenvalue weighted by atomic mass is 16.2. The van der Waals surface area contributed by atoms with Crippen LogP contribution in [0.4, 0.5) is 4.79 Å². The second kappa shape index (κ2) is 8.03. The molecular weight excluding hydrogens is 364 g/mol. The summed E-state index contributed by atoms with van der Waals surface area (Å²) in [6, 6.07) is 6.43. The summed E-state index contributed by atoms with van der Waals surface area (Å²) in [6.07, 6.45) is 6.01. The fourth-order valence-electron chi connectivity index (χ4n) is 5.27. The maximum absolute atomic E-state index is 12.7. The number of nitrogens with one attached hydrogen (secondary N) is 1. The van der Waals surface area contributed by atoms with Crippen LogP contribution in [0.1, 0.15) is 54.2 Å². The lowest BCUT2D eigenvalue weighted by Crippen LogP contribution is -2.46. The van der Waals surface area contributed by atoms with Gasteiger partial charge in [0.05, 0.1) is 5.52 Å². The van der Waals surface area contributed by atoms with Crippen LogP contribution in [-0.2, 0) is 6.42 Å². The second-order valence-corrected chi connectivity index (χ2v) is 7.95. The second-order valence-electron chi connectivity index (χ2n) is 7.95. The molecule has 6 heteroatoms. The summed E-state index contributed by atoms with van der Waals surface area (Å²) < 4.78 is 1.71. The van der Waals surface area contributed by atoms with Crippen molar-refractivity contribution in [3.05, 3.63) is 47.7 Å². The number of carbonyl (C=O) groups is 2. The van der Waals surface area contributed by atoms with E-state index in [1.807, 2.05) is 32.1 Å². The van der Waals surface area contributed by atoms with Gasteiger partial charge >= 0.3 is 6.03 Å². The van der Waals surface area contributed by atoms with Crippen LogP contribution in [0, 0.1) is 0 Å². The Bertz CT molecular complexity index is 944. The van der Waals surface area contributed by atoms with Crippen molar-refractivity contribution < 1.29 is 9.59 Å². The number of aldehydes is 1. The van der Waals surface area contributed by atoms with Gasteiger partial charge < -0.3 is 4.90 Å². The number of nitrogens with zero attached hydrogens (tertiary/aromatic N) is 3. The first-order valence-electron chi connectivity index (χ1n) is 10.7. The number of rotatable bonds is 6. The summed E-state index contributed by atoms with van der Waals surface area (Å²) >= 11 is 0. The van der Waals surface area contributed by atoms with Gasteiger partial charge in [0.15, 0.2) is 6.29 Å². The Morgan fingerprint density at radius 1 is 1.34 bits per heavy atom. The molecule has 0 unspecified atom stereocenters. The molecule has 0 spiro atoms. The maximum atomic E-state index is 12.7. The Morgan fingerprint density at radius 3 is 2.83 bits per heavy atom. The standard InChI is InChI=1S/C23H30N4O2/c1-4-12-26-13-8-10-16-17-9-7-11-19-22(17)18(14-20(16)26)21(15-28)27(19)24-23(29)25(5-2)6-3/h4,7,9,11,15-16,20H,1,5-6,8,10,12-14H2,2-3H3,(H,24,29)/t16-,20-/m1/s1. The summed E-state index contributed by atoms with van der Waals surface area (Å²) in [7, 11) is 0. The van der Waals surface area contributed by atoms with Crippen LogP contribution in [0.15, 0.2) is 30.9 Å². The number of hydrogen-bond donors (Lipinski definition) is 1. The van der Waals surface area contributed by atoms with E-state index in [0.29, 0.717) is 30.7 Å². The molecule has 2 heterocycles. The number of urea groups is 1. The van der Waals surface area contributed by atoms with Gasteiger partial charge in [-0.2, -0.15) is 0 Å². The molecular formula is C23H30N4O2. The lowest BCUT2D eigenvalue weighted by atomic mass is 9.74. The van der Waals surface area contributed by atoms with Crippen molar-refractivity contribution >= 4 is 23.2 Å². The molecule has 1 aromatic heterocycles. The van der Waals surface area contributed by atoms with E-state index in [2.05, 4.69) is 23.0 Å². The van der Waals surface area contributed by atoms with Crippen LogP contribution in [-0.4, -0.2) is 59.0 Å². The average Bonchev–Trinajstić information content (AvgIpc) is 3.03. The minimum absolute atomic E-state index is 0.183. The zero-order valence-electron chi connectivity index (χ0n) is 17.4. The monoisotopic (exact) mass is 394 g/mol. The van der Waals surface area contributed by atoms with Gasteiger partial charge in [0, 0.05) is 37.0 Å². The first-order chi connectivity index (χ1) is 14.1. The van der Waals surface area contributed by atoms with Crippen molar-refractivity contribution in [2.75, 3.05) is 31.6 Å². The van der Waals surface area contributed by atoms with E-state index in [4.69, 9.17) is 0 Å². The molecule has 2 aliphatic rings. The summed E-state index contributed by atoms with van der Waals surface area (Å²) in [6.45, 7) is 11.0. The van der Waals surface area contributed by atoms with Gasteiger partial charge in [-0.25, -0.2) is 14.9 Å². The van der Waals surface area contributed by atoms with E-state index in [-0.39, 0.29) is 6.03 Å². The molecule has 1 fully saturated rings. The number of likely N-dealkylation sites (tertiary alicyclic amines) is 1. The molecule has 6 nitrogen and oxygen atoms in total. The maximum Gasteiger partial charge on any atom is 0.336 e. The van der Waals surface area contributed by atoms with Crippen LogP contribution in [0.5, 0.6) is 0 Å². The third-order valence-electron chi connectivity index (χ3n) is 6.61. The van der Waals surface area contributed by atoms with Gasteiger partial charge in [-0.3, -0.25) is 9.69 Å². The van der Waals surface area contributed by atoms with Crippen LogP contribution >= 0.6 is 0 Å². The number of benzene rings is 1. The third-order valence-corrected chi connectivity index (χ3v) is 6.61. The van der Waals surface area contributed by atoms with Crippen LogP contribution in [0.3, 0.4) is 0 Å². The van der Waals surface area contributed by atoms with E-state index >= 15 is 0 Å². The van der Waals surface area contributed by atoms with Gasteiger partial charge in [0.1, 0.15) is 5.69 Å². The topological polar surface area (TPSA) is 57.6 Å². The predicted molar refractivity (Wildman–Crippen MR) is 116 cm³/mol. The van der Waals surface area contributed by atoms with Crippen molar-refractivity contribution in [2.45, 2.75) is 45.1 Å². The quantitative estimate of drug-likeness (QED) is 0.600. The molecule has 4 rings (SSSR count). The summed E-state index contributed by atoms with van der Waals surface area (Å²) in [5.74, 6) is 0.453. The zero-order valence-corrected chi connectivity index (χ0v) is 17.4. The average molecular weight is 395 g/mol. The van der Waals surface area contributed by atoms with Crippen LogP contribution < -0.4 is 5.43 Å². The minimum atomic E-state index is -0.183. The SMILES string of the molecule is C=CCN1CCC[C@@H]2c3cccc4c3c(c(C=O)n4NC(=O)N(CC)CC)C[C@H]21. The van der Waals surface area contributed by atoms with Crippen molar-refractivity contribution in [3.63, 3.8) is 0 Å². The van der Waals surface area contributed by atoms with E-state index in [0.717, 1.165) is 48.7 Å². The van der Waals surface area contributed by atoms with Gasteiger partial charge in [-0.05, 0) is 56.8 Å². The molecule has 2 aromatic rings. The number of carbonyl (C=O) groups excluding carboxylic acids is 2. The number of fused-ring (bicyclic) bond motifs is 2. The molecule has 0 radical (unpaired) electrons. The molecule has 29 heavy (non-hydrogen) atoms. The van der Waals surface area contributed by atoms with E-state index < -0.39 is 0 Å². The Labute approximate surface area is 172 Å². The highest BCUT2D eigenvalue weighted by Gasteiger charge is 2.39. The molecule has 0 saturated carbocycles. The van der Waals surface area contributed by atoms with Crippen LogP contribution in [0.25, 0.3) is 10.9 Å². The fourth-order valence-corrected chi connectivity index (χ4v) is 5.27. The van der Waals surface area contributed by atoms with E-state index in [1.54, 1.807) is 9.58 Å². The number of aromatic nitrogens is 1. The van der Waals surface area contributed by atoms with Crippen molar-refractivity contribution in [1.29, 1.82) is 0 Å². The van der Waals surface area contributed by atoms with E-state index in [1.165, 1.54) is 12.0 Å². The Morgan fingerprint density at radius 2 is 2.14 bits per heavy atom. The first kappa shape index (κ1) is 19.7. The van der Waals surface area contributed by atoms with E-state index in [9.17, 15) is 9.59 Å². The zero-order chi connectivity index (χ0) is 20.5. The van der Waals surface area contributed by atoms with Crippen molar-refractivity contribution in [3.8, 4) is 0 Å². The molecule has 1 aliphatic carbocycles. The summed E-state index contributed by atoms with van der Waals surface area (Å²) in [5, 5.41) is 1.15. The lowest BCUT2D eigenvalue weighted by molar-refractivity contribution is 0.111. The Kier molecular flexibility index (Phi) is 5.46. The van der Waals surface area contributed by atoms with Crippen LogP contribution in [0.2, 0.25) is 0 Å². The van der Waals surface area contributed by atoms with Gasteiger partial charge in [-0.1, -0.05) is 18.2 Å². The van der Waals surface area contributed by atoms with Gasteiger partial charge in [-0.15, -0.1) is 6.58 Å². The van der Waals surface area contributed by atoms with Gasteiger partial charge in [0.25, 0.3) is 0 Å². The largest absolute Gasteiger partial charge is 0.336 e. The normalized spacial score (nSPS) is 20.9. The molecule has 1 saturated heterocycles. The van der Waals surface area contributed by atoms with Crippen molar-refractivity contribution in [1.82, 2.24) is 14.5 Å². The fraction of sp³-hybridized carbons (Fsp3) is 0.478. The number of hydrogen-bond acceptors (Lipinski definition) is 3. The summed E-state index contributed by atoms with van der Waals surface area (Å²) in [4.78, 5) is 29.1. The number of amides is 2. The smallest absolute Gasteiger partial charge is 0.324 e. The predicted octanol–water partition coefficient (Wildman–Crippen LogP) is 3.75. The molecule has 0 bridgehead atoms. The molecule has 2 atom stereocenters. The highest BCUT2D eigenvalue weighted by Crippen LogP contribution is 2.44. The molecule has 1 aromatic carbocycles. The van der Waals surface area contributed by atoms with Gasteiger partial charge in [0.2, 0.25) is 0 Å². The lowest BCUT2D eigenvalue weighted by Gasteiger charge is -2.43. The molecule has 1 aliphatic heterocycles. The first-order valence-corrected chi connectivity index (χ1v) is 10.7. The third kappa shape index (κ3) is 3.15. The highest BCUT2D eigenvalue weighted by molar-refractivity contribution is 5.98. The Balaban J connectivity index is 1.83. The van der Waals surface area contributed by atoms with Crippen molar-refractivity contribution in [2.24, 2.45) is 0 Å². The number of piperidine rings is 1. The minimum Gasteiger partial charge on any atom is -0.324 e. The molecule has 2 amide bonds. The molecule has 154 valence electrons. The molecule has 1 N–H and O–H groups in total.